The molecule has 0 aromatic heterocycles. The summed E-state index contributed by atoms with van der Waals surface area (Å²) in [7, 11) is 0. The molecule has 0 rings (SSSR count). The topological polar surface area (TPSA) is 66.6 Å². The Morgan fingerprint density at radius 3 is 2.43 bits per heavy atom. The van der Waals surface area contributed by atoms with Crippen LogP contribution in [-0.2, 0) is 4.79 Å². The molecule has 0 aromatic rings. The Bertz CT molecular complexity index is 181. The van der Waals surface area contributed by atoms with Crippen LogP contribution in [0.4, 0.5) is 0 Å². The van der Waals surface area contributed by atoms with Gasteiger partial charge in [0.2, 0.25) is 5.91 Å². The Hall–Kier alpha value is -0.610. The highest BCUT2D eigenvalue weighted by molar-refractivity contribution is 5.85. The van der Waals surface area contributed by atoms with E-state index in [9.17, 15) is 4.79 Å². The molecule has 0 aromatic carbocycles. The van der Waals surface area contributed by atoms with Gasteiger partial charge in [-0.2, -0.15) is 0 Å². The highest BCUT2D eigenvalue weighted by Gasteiger charge is 2.29. The Morgan fingerprint density at radius 1 is 1.50 bits per heavy atom. The smallest absolute Gasteiger partial charge is 0.242 e. The number of hydrogen-bond donors (Lipinski definition) is 2. The SMILES string of the molecule is CCN(CCCO)C(=O)C(C)(N)CC. The second kappa shape index (κ2) is 5.98. The molecule has 0 aliphatic carbocycles. The zero-order chi connectivity index (χ0) is 11.2. The molecule has 1 unspecified atom stereocenters. The molecule has 0 fully saturated rings. The molecule has 0 aliphatic rings. The highest BCUT2D eigenvalue weighted by Crippen LogP contribution is 2.10. The average Bonchev–Trinajstić information content (AvgIpc) is 2.18. The van der Waals surface area contributed by atoms with Crippen molar-refractivity contribution in [2.45, 2.75) is 39.2 Å². The van der Waals surface area contributed by atoms with E-state index in [0.717, 1.165) is 0 Å². The van der Waals surface area contributed by atoms with Gasteiger partial charge in [-0.05, 0) is 26.7 Å². The summed E-state index contributed by atoms with van der Waals surface area (Å²) in [6, 6.07) is 0. The molecule has 0 spiro atoms. The standard InChI is InChI=1S/C10H22N2O2/c1-4-10(3,11)9(14)12(5-2)7-6-8-13/h13H,4-8,11H2,1-3H3. The van der Waals surface area contributed by atoms with Crippen LogP contribution in [0.5, 0.6) is 0 Å². The quantitative estimate of drug-likeness (QED) is 0.653. The Balaban J connectivity index is 4.30. The molecule has 4 nitrogen and oxygen atoms in total. The summed E-state index contributed by atoms with van der Waals surface area (Å²) in [6.07, 6.45) is 1.24. The number of nitrogens with zero attached hydrogens (tertiary/aromatic N) is 1. The lowest BCUT2D eigenvalue weighted by molar-refractivity contribution is -0.136. The van der Waals surface area contributed by atoms with E-state index in [1.165, 1.54) is 0 Å². The molecule has 84 valence electrons. The first-order valence-electron chi connectivity index (χ1n) is 5.18. The van der Waals surface area contributed by atoms with Gasteiger partial charge in [0, 0.05) is 19.7 Å². The van der Waals surface area contributed by atoms with Crippen molar-refractivity contribution in [3.63, 3.8) is 0 Å². The summed E-state index contributed by atoms with van der Waals surface area (Å²) >= 11 is 0. The van der Waals surface area contributed by atoms with E-state index in [2.05, 4.69) is 0 Å². The Labute approximate surface area is 86.1 Å². The van der Waals surface area contributed by atoms with Gasteiger partial charge in [0.15, 0.2) is 0 Å². The van der Waals surface area contributed by atoms with Crippen molar-refractivity contribution in [3.05, 3.63) is 0 Å². The normalized spacial score (nSPS) is 14.9. The van der Waals surface area contributed by atoms with Crippen LogP contribution in [-0.4, -0.2) is 41.1 Å². The number of amides is 1. The molecule has 1 atom stereocenters. The number of hydrogen-bond acceptors (Lipinski definition) is 3. The minimum absolute atomic E-state index is 0.0315. The number of aliphatic hydroxyl groups is 1. The van der Waals surface area contributed by atoms with Crippen LogP contribution in [0.25, 0.3) is 0 Å². The van der Waals surface area contributed by atoms with Gasteiger partial charge >= 0.3 is 0 Å². The summed E-state index contributed by atoms with van der Waals surface area (Å²) in [6.45, 7) is 6.90. The first-order chi connectivity index (χ1) is 6.49. The number of carbonyl (C=O) groups is 1. The first kappa shape index (κ1) is 13.4. The lowest BCUT2D eigenvalue weighted by Crippen LogP contribution is -2.53. The molecule has 0 saturated heterocycles. The zero-order valence-electron chi connectivity index (χ0n) is 9.42. The minimum atomic E-state index is -0.772. The van der Waals surface area contributed by atoms with Gasteiger partial charge in [0.25, 0.3) is 0 Å². The lowest BCUT2D eigenvalue weighted by atomic mass is 9.98. The van der Waals surface area contributed by atoms with E-state index in [0.29, 0.717) is 25.9 Å². The van der Waals surface area contributed by atoms with Crippen LogP contribution in [0.3, 0.4) is 0 Å². The molecule has 0 radical (unpaired) electrons. The van der Waals surface area contributed by atoms with Crippen LogP contribution >= 0.6 is 0 Å². The van der Waals surface area contributed by atoms with Crippen molar-refractivity contribution in [2.24, 2.45) is 5.73 Å². The maximum absolute atomic E-state index is 11.9. The van der Waals surface area contributed by atoms with Crippen molar-refractivity contribution < 1.29 is 9.90 Å². The minimum Gasteiger partial charge on any atom is -0.396 e. The molecule has 0 heterocycles. The fraction of sp³-hybridized carbons (Fsp3) is 0.900. The zero-order valence-corrected chi connectivity index (χ0v) is 9.42. The van der Waals surface area contributed by atoms with E-state index >= 15 is 0 Å². The van der Waals surface area contributed by atoms with Crippen molar-refractivity contribution in [1.82, 2.24) is 4.90 Å². The molecule has 0 saturated carbocycles. The number of carbonyl (C=O) groups excluding carboxylic acids is 1. The second-order valence-corrected chi connectivity index (χ2v) is 3.73. The number of aliphatic hydroxyl groups excluding tert-OH is 1. The molecule has 0 aliphatic heterocycles. The van der Waals surface area contributed by atoms with Gasteiger partial charge in [-0.25, -0.2) is 0 Å². The lowest BCUT2D eigenvalue weighted by Gasteiger charge is -2.30. The van der Waals surface area contributed by atoms with E-state index in [-0.39, 0.29) is 12.5 Å². The molecular weight excluding hydrogens is 180 g/mol. The van der Waals surface area contributed by atoms with E-state index in [1.54, 1.807) is 11.8 Å². The number of likely N-dealkylation sites (N-methyl/N-ethyl adjacent to an activating group) is 1. The average molecular weight is 202 g/mol. The van der Waals surface area contributed by atoms with Crippen LogP contribution in [0, 0.1) is 0 Å². The Morgan fingerprint density at radius 2 is 2.07 bits per heavy atom. The highest BCUT2D eigenvalue weighted by atomic mass is 16.3. The van der Waals surface area contributed by atoms with Gasteiger partial charge in [0.05, 0.1) is 5.54 Å². The van der Waals surface area contributed by atoms with Gasteiger partial charge in [0.1, 0.15) is 0 Å². The summed E-state index contributed by atoms with van der Waals surface area (Å²) in [5, 5.41) is 8.68. The molecule has 4 heteroatoms. The van der Waals surface area contributed by atoms with Crippen molar-refractivity contribution in [2.75, 3.05) is 19.7 Å². The second-order valence-electron chi connectivity index (χ2n) is 3.73. The van der Waals surface area contributed by atoms with Crippen molar-refractivity contribution in [3.8, 4) is 0 Å². The summed E-state index contributed by atoms with van der Waals surface area (Å²) in [5.74, 6) is -0.0315. The van der Waals surface area contributed by atoms with Crippen LogP contribution in [0.2, 0.25) is 0 Å². The van der Waals surface area contributed by atoms with Gasteiger partial charge in [-0.1, -0.05) is 6.92 Å². The molecule has 1 amide bonds. The summed E-state index contributed by atoms with van der Waals surface area (Å²) < 4.78 is 0. The fourth-order valence-electron chi connectivity index (χ4n) is 1.18. The molecule has 14 heavy (non-hydrogen) atoms. The van der Waals surface area contributed by atoms with Crippen LogP contribution < -0.4 is 5.73 Å². The van der Waals surface area contributed by atoms with Gasteiger partial charge < -0.3 is 15.7 Å². The first-order valence-corrected chi connectivity index (χ1v) is 5.18. The molecular formula is C10H22N2O2. The number of nitrogens with two attached hydrogens (primary N) is 1. The van der Waals surface area contributed by atoms with Gasteiger partial charge in [-0.3, -0.25) is 4.79 Å². The van der Waals surface area contributed by atoms with Crippen molar-refractivity contribution >= 4 is 5.91 Å². The van der Waals surface area contributed by atoms with E-state index < -0.39 is 5.54 Å². The van der Waals surface area contributed by atoms with Gasteiger partial charge in [-0.15, -0.1) is 0 Å². The largest absolute Gasteiger partial charge is 0.396 e. The van der Waals surface area contributed by atoms with Crippen LogP contribution in [0.15, 0.2) is 0 Å². The summed E-state index contributed by atoms with van der Waals surface area (Å²) in [4.78, 5) is 13.5. The third kappa shape index (κ3) is 3.64. The Kier molecular flexibility index (Phi) is 5.72. The molecule has 3 N–H and O–H groups in total. The monoisotopic (exact) mass is 202 g/mol. The van der Waals surface area contributed by atoms with E-state index in [4.69, 9.17) is 10.8 Å². The summed E-state index contributed by atoms with van der Waals surface area (Å²) in [5.41, 5.74) is 5.08. The maximum Gasteiger partial charge on any atom is 0.242 e. The fourth-order valence-corrected chi connectivity index (χ4v) is 1.18. The van der Waals surface area contributed by atoms with Crippen molar-refractivity contribution in [1.29, 1.82) is 0 Å². The molecule has 0 bridgehead atoms. The van der Waals surface area contributed by atoms with E-state index in [1.807, 2.05) is 13.8 Å². The third-order valence-corrected chi connectivity index (χ3v) is 2.48. The van der Waals surface area contributed by atoms with Crippen LogP contribution in [0.1, 0.15) is 33.6 Å². The third-order valence-electron chi connectivity index (χ3n) is 2.48. The maximum atomic E-state index is 11.9. The predicted molar refractivity (Wildman–Crippen MR) is 56.8 cm³/mol. The predicted octanol–water partition coefficient (Wildman–Crippen LogP) is 0.345. The number of rotatable bonds is 6.